The van der Waals surface area contributed by atoms with Crippen LogP contribution < -0.4 is 0 Å². The molecule has 0 N–H and O–H groups in total. The maximum Gasteiger partial charge on any atom is 0.337 e. The minimum absolute atomic E-state index is 0.267. The fraction of sp³-hybridized carbons (Fsp3) is 0.581. The zero-order valence-electron chi connectivity index (χ0n) is 23.8. The van der Waals surface area contributed by atoms with E-state index in [2.05, 4.69) is 38.7 Å². The molecule has 3 aliphatic rings. The summed E-state index contributed by atoms with van der Waals surface area (Å²) in [6.45, 7) is 7.52. The Morgan fingerprint density at radius 3 is 2.45 bits per heavy atom. The van der Waals surface area contributed by atoms with Crippen LogP contribution in [-0.4, -0.2) is 89.8 Å². The van der Waals surface area contributed by atoms with Crippen LogP contribution in [0, 0.1) is 0 Å². The number of benzene rings is 1. The summed E-state index contributed by atoms with van der Waals surface area (Å²) >= 11 is 1.58. The van der Waals surface area contributed by atoms with Gasteiger partial charge in [0, 0.05) is 62.6 Å². The Hall–Kier alpha value is -2.62. The number of piperidine rings is 1. The number of methoxy groups -OCH3 is 1. The van der Waals surface area contributed by atoms with Gasteiger partial charge in [-0.05, 0) is 68.0 Å². The summed E-state index contributed by atoms with van der Waals surface area (Å²) in [5.41, 5.74) is 1.74. The number of ether oxygens (including phenoxy) is 2. The number of urea groups is 1. The Bertz CT molecular complexity index is 1120. The lowest BCUT2D eigenvalue weighted by molar-refractivity contribution is 0.0493. The van der Waals surface area contributed by atoms with Crippen LogP contribution in [0.4, 0.5) is 4.79 Å². The molecule has 3 saturated heterocycles. The van der Waals surface area contributed by atoms with Crippen molar-refractivity contribution in [3.05, 3.63) is 53.7 Å². The molecule has 3 fully saturated rings. The van der Waals surface area contributed by atoms with Crippen LogP contribution in [0.3, 0.4) is 0 Å². The van der Waals surface area contributed by atoms with Gasteiger partial charge in [0.15, 0.2) is 0 Å². The average molecular weight is 567 g/mol. The first-order valence-electron chi connectivity index (χ1n) is 14.8. The van der Waals surface area contributed by atoms with E-state index in [0.717, 1.165) is 81.4 Å². The van der Waals surface area contributed by atoms with Crippen molar-refractivity contribution in [1.29, 1.82) is 0 Å². The quantitative estimate of drug-likeness (QED) is 0.354. The number of aromatic nitrogens is 1. The van der Waals surface area contributed by atoms with Gasteiger partial charge in [0.1, 0.15) is 5.03 Å². The van der Waals surface area contributed by atoms with Crippen LogP contribution in [0.15, 0.2) is 52.5 Å². The normalized spacial score (nSPS) is 21.2. The van der Waals surface area contributed by atoms with Gasteiger partial charge in [-0.3, -0.25) is 4.90 Å². The van der Waals surface area contributed by atoms with Gasteiger partial charge < -0.3 is 19.3 Å². The Kier molecular flexibility index (Phi) is 9.99. The SMILES string of the molecule is CCCCC1CN(C2CCOCC2)C(=O)N1C1CCN(Cc2ccc(Sc3ccc(C(=O)OC)cc3)nc2)CC1. The third-order valence-corrected chi connectivity index (χ3v) is 9.40. The van der Waals surface area contributed by atoms with Crippen molar-refractivity contribution in [2.24, 2.45) is 0 Å². The van der Waals surface area contributed by atoms with Crippen LogP contribution in [0.25, 0.3) is 0 Å². The highest BCUT2D eigenvalue weighted by molar-refractivity contribution is 7.99. The van der Waals surface area contributed by atoms with Crippen LogP contribution in [0.1, 0.15) is 67.8 Å². The second-order valence-corrected chi connectivity index (χ2v) is 12.2. The van der Waals surface area contributed by atoms with Gasteiger partial charge in [-0.25, -0.2) is 14.6 Å². The number of nitrogens with zero attached hydrogens (tertiary/aromatic N) is 4. The van der Waals surface area contributed by atoms with Gasteiger partial charge in [-0.15, -0.1) is 0 Å². The number of amides is 2. The molecule has 1 aromatic carbocycles. The van der Waals surface area contributed by atoms with Gasteiger partial charge in [0.2, 0.25) is 0 Å². The van der Waals surface area contributed by atoms with Crippen molar-refractivity contribution in [2.45, 2.75) is 86.5 Å². The number of carbonyl (C=O) groups is 2. The summed E-state index contributed by atoms with van der Waals surface area (Å²) in [5.74, 6) is -0.330. The second-order valence-electron chi connectivity index (χ2n) is 11.1. The van der Waals surface area contributed by atoms with Gasteiger partial charge in [0.05, 0.1) is 18.7 Å². The third kappa shape index (κ3) is 6.98. The van der Waals surface area contributed by atoms with E-state index in [-0.39, 0.29) is 12.0 Å². The summed E-state index contributed by atoms with van der Waals surface area (Å²) < 4.78 is 10.3. The molecular weight excluding hydrogens is 524 g/mol. The van der Waals surface area contributed by atoms with Crippen LogP contribution in [0.5, 0.6) is 0 Å². The zero-order chi connectivity index (χ0) is 27.9. The van der Waals surface area contributed by atoms with Gasteiger partial charge >= 0.3 is 12.0 Å². The van der Waals surface area contributed by atoms with E-state index in [1.165, 1.54) is 25.5 Å². The third-order valence-electron chi connectivity index (χ3n) is 8.44. The minimum atomic E-state index is -0.330. The maximum absolute atomic E-state index is 13.6. The molecule has 40 heavy (non-hydrogen) atoms. The van der Waals surface area contributed by atoms with E-state index < -0.39 is 0 Å². The lowest BCUT2D eigenvalue weighted by Crippen LogP contribution is -2.50. The molecule has 8 nitrogen and oxygen atoms in total. The lowest BCUT2D eigenvalue weighted by atomic mass is 10.00. The fourth-order valence-corrected chi connectivity index (χ4v) is 6.96. The molecule has 2 amide bonds. The van der Waals surface area contributed by atoms with E-state index in [4.69, 9.17) is 9.47 Å². The van der Waals surface area contributed by atoms with Crippen LogP contribution in [-0.2, 0) is 16.0 Å². The predicted octanol–water partition coefficient (Wildman–Crippen LogP) is 5.46. The molecule has 1 unspecified atom stereocenters. The predicted molar refractivity (Wildman–Crippen MR) is 156 cm³/mol. The largest absolute Gasteiger partial charge is 0.465 e. The molecule has 216 valence electrons. The van der Waals surface area contributed by atoms with E-state index in [1.54, 1.807) is 23.9 Å². The zero-order valence-corrected chi connectivity index (χ0v) is 24.6. The summed E-state index contributed by atoms with van der Waals surface area (Å²) in [6, 6.07) is 12.9. The molecular formula is C31H42N4O4S. The number of rotatable bonds is 10. The van der Waals surface area contributed by atoms with Crippen molar-refractivity contribution in [3.63, 3.8) is 0 Å². The molecule has 1 atom stereocenters. The molecule has 2 aromatic rings. The van der Waals surface area contributed by atoms with Gasteiger partial charge in [0.25, 0.3) is 0 Å². The number of likely N-dealkylation sites (tertiary alicyclic amines) is 1. The first kappa shape index (κ1) is 28.9. The van der Waals surface area contributed by atoms with E-state index in [9.17, 15) is 9.59 Å². The molecule has 9 heteroatoms. The topological polar surface area (TPSA) is 75.2 Å². The first-order chi connectivity index (χ1) is 19.6. The maximum atomic E-state index is 13.6. The molecule has 0 spiro atoms. The van der Waals surface area contributed by atoms with E-state index in [1.807, 2.05) is 18.3 Å². The van der Waals surface area contributed by atoms with Crippen molar-refractivity contribution in [3.8, 4) is 0 Å². The van der Waals surface area contributed by atoms with Crippen LogP contribution in [0.2, 0.25) is 0 Å². The van der Waals surface area contributed by atoms with Crippen molar-refractivity contribution >= 4 is 23.8 Å². The number of carbonyl (C=O) groups excluding carboxylic acids is 2. The molecule has 0 radical (unpaired) electrons. The van der Waals surface area contributed by atoms with E-state index in [0.29, 0.717) is 23.7 Å². The lowest BCUT2D eigenvalue weighted by Gasteiger charge is -2.39. The highest BCUT2D eigenvalue weighted by Crippen LogP contribution is 2.32. The molecule has 4 heterocycles. The summed E-state index contributed by atoms with van der Waals surface area (Å²) in [4.78, 5) is 37.9. The molecule has 5 rings (SSSR count). The van der Waals surface area contributed by atoms with Gasteiger partial charge in [-0.1, -0.05) is 37.6 Å². The number of esters is 1. The molecule has 0 bridgehead atoms. The highest BCUT2D eigenvalue weighted by atomic mass is 32.2. The molecule has 1 aromatic heterocycles. The summed E-state index contributed by atoms with van der Waals surface area (Å²) in [7, 11) is 1.39. The van der Waals surface area contributed by atoms with E-state index >= 15 is 0 Å². The van der Waals surface area contributed by atoms with Gasteiger partial charge in [-0.2, -0.15) is 0 Å². The standard InChI is InChI=1S/C31H42N4O4S/c1-3-4-5-27-22-34(25-14-18-39-19-15-25)31(37)35(27)26-12-16-33(17-13-26)21-23-6-11-29(32-20-23)40-28-9-7-24(8-10-28)30(36)38-2/h6-11,20,25-27H,3-5,12-19,21-22H2,1-2H3. The molecule has 0 aliphatic carbocycles. The number of hydrogen-bond donors (Lipinski definition) is 0. The summed E-state index contributed by atoms with van der Waals surface area (Å²) in [6.07, 6.45) is 9.40. The average Bonchev–Trinajstić information content (AvgIpc) is 3.33. The molecule has 3 aliphatic heterocycles. The minimum Gasteiger partial charge on any atom is -0.465 e. The smallest absolute Gasteiger partial charge is 0.337 e. The Balaban J connectivity index is 1.13. The second kappa shape index (κ2) is 13.8. The number of hydrogen-bond acceptors (Lipinski definition) is 7. The Labute approximate surface area is 242 Å². The fourth-order valence-electron chi connectivity index (χ4n) is 6.20. The highest BCUT2D eigenvalue weighted by Gasteiger charge is 2.44. The Morgan fingerprint density at radius 2 is 1.80 bits per heavy atom. The number of pyridine rings is 1. The van der Waals surface area contributed by atoms with Crippen LogP contribution >= 0.6 is 11.8 Å². The first-order valence-corrected chi connectivity index (χ1v) is 15.6. The summed E-state index contributed by atoms with van der Waals surface area (Å²) in [5, 5.41) is 0.924. The monoisotopic (exact) mass is 566 g/mol. The Morgan fingerprint density at radius 1 is 1.05 bits per heavy atom. The number of unbranched alkanes of at least 4 members (excludes halogenated alkanes) is 1. The van der Waals surface area contributed by atoms with Crippen molar-refractivity contribution in [1.82, 2.24) is 19.7 Å². The van der Waals surface area contributed by atoms with Crippen molar-refractivity contribution < 1.29 is 19.1 Å². The molecule has 0 saturated carbocycles. The van der Waals surface area contributed by atoms with Crippen molar-refractivity contribution in [2.75, 3.05) is 40.0 Å².